The molecule has 0 spiro atoms. The Bertz CT molecular complexity index is 1390. The molecule has 0 heteroatoms. The fourth-order valence-electron chi connectivity index (χ4n) is 6.52. The normalized spacial score (nSPS) is 19.5. The van der Waals surface area contributed by atoms with Gasteiger partial charge in [-0.25, -0.2) is 0 Å². The second-order valence-electron chi connectivity index (χ2n) is 10.7. The van der Waals surface area contributed by atoms with Crippen LogP contribution in [0.3, 0.4) is 0 Å². The van der Waals surface area contributed by atoms with Crippen molar-refractivity contribution in [3.05, 3.63) is 112 Å². The molecule has 166 valence electrons. The molecule has 0 amide bonds. The summed E-state index contributed by atoms with van der Waals surface area (Å²) < 4.78 is 0. The van der Waals surface area contributed by atoms with E-state index in [1.54, 1.807) is 0 Å². The highest BCUT2D eigenvalue weighted by molar-refractivity contribution is 5.93. The van der Waals surface area contributed by atoms with Gasteiger partial charge < -0.3 is 0 Å². The zero-order valence-electron chi connectivity index (χ0n) is 21.1. The topological polar surface area (TPSA) is 0 Å². The number of hydrogen-bond donors (Lipinski definition) is 0. The van der Waals surface area contributed by atoms with Crippen molar-refractivity contribution >= 4 is 5.57 Å². The van der Waals surface area contributed by atoms with Crippen LogP contribution in [0.1, 0.15) is 68.0 Å². The maximum atomic E-state index is 3.98. The van der Waals surface area contributed by atoms with Crippen LogP contribution in [-0.4, -0.2) is 0 Å². The van der Waals surface area contributed by atoms with E-state index in [9.17, 15) is 0 Å². The molecule has 0 N–H and O–H groups in total. The fourth-order valence-corrected chi connectivity index (χ4v) is 6.52. The van der Waals surface area contributed by atoms with Crippen LogP contribution < -0.4 is 0 Å². The number of allylic oxidation sites excluding steroid dienone is 5. The molecule has 5 rings (SSSR count). The lowest BCUT2D eigenvalue weighted by Crippen LogP contribution is -2.17. The second kappa shape index (κ2) is 7.19. The van der Waals surface area contributed by atoms with E-state index in [0.29, 0.717) is 0 Å². The Morgan fingerprint density at radius 3 is 2.12 bits per heavy atom. The SMILES string of the molecule is C=C/C=C1\C(=C/C)c2cc(-c3ccc4c(c3C)C(C)(C)c3ccccc3-4)c(C)cc2C1(C)C. The van der Waals surface area contributed by atoms with E-state index in [1.807, 2.05) is 6.08 Å². The Morgan fingerprint density at radius 2 is 1.42 bits per heavy atom. The zero-order valence-corrected chi connectivity index (χ0v) is 21.1. The number of hydrogen-bond acceptors (Lipinski definition) is 0. The van der Waals surface area contributed by atoms with Crippen molar-refractivity contribution in [1.29, 1.82) is 0 Å². The summed E-state index contributed by atoms with van der Waals surface area (Å²) in [5, 5.41) is 0. The van der Waals surface area contributed by atoms with E-state index < -0.39 is 0 Å². The first-order chi connectivity index (χ1) is 15.6. The molecule has 0 bridgehead atoms. The third kappa shape index (κ3) is 2.83. The van der Waals surface area contributed by atoms with Gasteiger partial charge in [0.1, 0.15) is 0 Å². The average molecular weight is 431 g/mol. The van der Waals surface area contributed by atoms with Gasteiger partial charge in [-0.05, 0) is 93.6 Å². The van der Waals surface area contributed by atoms with Gasteiger partial charge in [-0.15, -0.1) is 0 Å². The lowest BCUT2D eigenvalue weighted by atomic mass is 9.78. The summed E-state index contributed by atoms with van der Waals surface area (Å²) in [6, 6.07) is 18.5. The second-order valence-corrected chi connectivity index (χ2v) is 10.7. The molecular weight excluding hydrogens is 396 g/mol. The largest absolute Gasteiger partial charge is 0.0991 e. The summed E-state index contributed by atoms with van der Waals surface area (Å²) in [7, 11) is 0. The molecule has 33 heavy (non-hydrogen) atoms. The van der Waals surface area contributed by atoms with Crippen molar-refractivity contribution in [2.24, 2.45) is 0 Å². The van der Waals surface area contributed by atoms with Crippen molar-refractivity contribution in [2.45, 2.75) is 59.3 Å². The van der Waals surface area contributed by atoms with E-state index in [2.05, 4.69) is 116 Å². The Kier molecular flexibility index (Phi) is 4.73. The molecule has 3 aromatic rings. The minimum absolute atomic E-state index is 0.00694. The Labute approximate surface area is 199 Å². The highest BCUT2D eigenvalue weighted by Gasteiger charge is 2.39. The van der Waals surface area contributed by atoms with Gasteiger partial charge in [0.25, 0.3) is 0 Å². The smallest absolute Gasteiger partial charge is 0.0161 e. The van der Waals surface area contributed by atoms with Crippen LogP contribution >= 0.6 is 0 Å². The monoisotopic (exact) mass is 430 g/mol. The van der Waals surface area contributed by atoms with Crippen LogP contribution in [0, 0.1) is 13.8 Å². The predicted octanol–water partition coefficient (Wildman–Crippen LogP) is 9.08. The lowest BCUT2D eigenvalue weighted by molar-refractivity contribution is 0.656. The Hall–Kier alpha value is -3.12. The third-order valence-corrected chi connectivity index (χ3v) is 8.14. The van der Waals surface area contributed by atoms with Gasteiger partial charge in [0.05, 0.1) is 0 Å². The summed E-state index contributed by atoms with van der Waals surface area (Å²) in [6.45, 7) is 20.1. The van der Waals surface area contributed by atoms with Crippen LogP contribution in [-0.2, 0) is 10.8 Å². The van der Waals surface area contributed by atoms with Crippen LogP contribution in [0.5, 0.6) is 0 Å². The summed E-state index contributed by atoms with van der Waals surface area (Å²) in [5.74, 6) is 0. The summed E-state index contributed by atoms with van der Waals surface area (Å²) in [4.78, 5) is 0. The number of fused-ring (bicyclic) bond motifs is 4. The molecule has 2 aliphatic rings. The maximum absolute atomic E-state index is 3.98. The summed E-state index contributed by atoms with van der Waals surface area (Å²) in [5.41, 5.74) is 16.6. The van der Waals surface area contributed by atoms with E-state index in [0.717, 1.165) is 0 Å². The van der Waals surface area contributed by atoms with Gasteiger partial charge in [0.15, 0.2) is 0 Å². The minimum atomic E-state index is -0.0225. The zero-order chi connectivity index (χ0) is 23.7. The Balaban J connectivity index is 1.75. The standard InChI is InChI=1S/C33H34/c1-9-13-28-22(10-2)27-19-26(20(3)18-30(27)32(28,5)6)23-16-17-25-24-14-11-12-15-29(24)33(7,8)31(25)21(23)4/h9-19H,1H2,2-8H3/b22-10-,28-13+. The van der Waals surface area contributed by atoms with Crippen molar-refractivity contribution in [3.63, 3.8) is 0 Å². The fraction of sp³-hybridized carbons (Fsp3) is 0.273. The lowest BCUT2D eigenvalue weighted by Gasteiger charge is -2.25. The van der Waals surface area contributed by atoms with Gasteiger partial charge in [0.2, 0.25) is 0 Å². The Morgan fingerprint density at radius 1 is 0.727 bits per heavy atom. The van der Waals surface area contributed by atoms with Gasteiger partial charge in [-0.1, -0.05) is 95.0 Å². The van der Waals surface area contributed by atoms with Gasteiger partial charge in [0, 0.05) is 10.8 Å². The highest BCUT2D eigenvalue weighted by Crippen LogP contribution is 2.54. The van der Waals surface area contributed by atoms with E-state index >= 15 is 0 Å². The molecule has 0 heterocycles. The summed E-state index contributed by atoms with van der Waals surface area (Å²) in [6.07, 6.45) is 6.37. The predicted molar refractivity (Wildman–Crippen MR) is 144 cm³/mol. The van der Waals surface area contributed by atoms with Crippen molar-refractivity contribution in [3.8, 4) is 22.3 Å². The van der Waals surface area contributed by atoms with E-state index in [1.165, 1.54) is 66.8 Å². The number of benzene rings is 3. The summed E-state index contributed by atoms with van der Waals surface area (Å²) >= 11 is 0. The molecule has 0 saturated carbocycles. The third-order valence-electron chi connectivity index (χ3n) is 8.14. The molecule has 2 aliphatic carbocycles. The molecule has 0 fully saturated rings. The quantitative estimate of drug-likeness (QED) is 0.380. The number of rotatable bonds is 2. The number of aryl methyl sites for hydroxylation is 1. The first kappa shape index (κ1) is 21.7. The average Bonchev–Trinajstić information content (AvgIpc) is 3.14. The van der Waals surface area contributed by atoms with Gasteiger partial charge >= 0.3 is 0 Å². The molecule has 3 aromatic carbocycles. The molecule has 0 nitrogen and oxygen atoms in total. The van der Waals surface area contributed by atoms with E-state index in [-0.39, 0.29) is 10.8 Å². The van der Waals surface area contributed by atoms with Crippen molar-refractivity contribution < 1.29 is 0 Å². The van der Waals surface area contributed by atoms with Gasteiger partial charge in [-0.3, -0.25) is 0 Å². The molecule has 0 radical (unpaired) electrons. The molecule has 0 unspecified atom stereocenters. The van der Waals surface area contributed by atoms with Crippen LogP contribution in [0.2, 0.25) is 0 Å². The van der Waals surface area contributed by atoms with E-state index in [4.69, 9.17) is 0 Å². The van der Waals surface area contributed by atoms with Crippen LogP contribution in [0.4, 0.5) is 0 Å². The van der Waals surface area contributed by atoms with Crippen molar-refractivity contribution in [2.75, 3.05) is 0 Å². The highest BCUT2D eigenvalue weighted by atomic mass is 14.4. The van der Waals surface area contributed by atoms with Crippen LogP contribution in [0.15, 0.2) is 78.9 Å². The van der Waals surface area contributed by atoms with Crippen molar-refractivity contribution in [1.82, 2.24) is 0 Å². The minimum Gasteiger partial charge on any atom is -0.0991 e. The first-order valence-corrected chi connectivity index (χ1v) is 12.0. The maximum Gasteiger partial charge on any atom is 0.0161 e. The van der Waals surface area contributed by atoms with Gasteiger partial charge in [-0.2, -0.15) is 0 Å². The molecule has 0 aliphatic heterocycles. The molecule has 0 aromatic heterocycles. The van der Waals surface area contributed by atoms with Crippen LogP contribution in [0.25, 0.3) is 27.8 Å². The molecule has 0 saturated heterocycles. The molecular formula is C33H34. The first-order valence-electron chi connectivity index (χ1n) is 12.0. The molecule has 0 atom stereocenters.